The molecule has 0 spiro atoms. The molecule has 0 radical (unpaired) electrons. The summed E-state index contributed by atoms with van der Waals surface area (Å²) in [7, 11) is 0. The molecule has 1 atom stereocenters. The Morgan fingerprint density at radius 3 is 1.71 bits per heavy atom. The maximum atomic E-state index is 12.2. The number of rotatable bonds is 31. The first-order valence-corrected chi connectivity index (χ1v) is 17.4. The molecule has 0 saturated carbocycles. The molecule has 0 rings (SSSR count). The van der Waals surface area contributed by atoms with E-state index in [4.69, 9.17) is 23.7 Å². The molecule has 0 bridgehead atoms. The molecule has 0 aliphatic rings. The van der Waals surface area contributed by atoms with Crippen LogP contribution in [0.5, 0.6) is 0 Å². The van der Waals surface area contributed by atoms with Crippen molar-refractivity contribution in [3.8, 4) is 0 Å². The van der Waals surface area contributed by atoms with Crippen LogP contribution in [0.2, 0.25) is 0 Å². The van der Waals surface area contributed by atoms with Gasteiger partial charge in [0.1, 0.15) is 6.61 Å². The Morgan fingerprint density at radius 1 is 0.595 bits per heavy atom. The second kappa shape index (κ2) is 31.1. The van der Waals surface area contributed by atoms with Crippen LogP contribution >= 0.6 is 0 Å². The topological polar surface area (TPSA) is 83.5 Å². The summed E-state index contributed by atoms with van der Waals surface area (Å²) in [5, 5.41) is 0. The zero-order valence-electron chi connectivity index (χ0n) is 28.1. The van der Waals surface area contributed by atoms with Crippen molar-refractivity contribution in [3.05, 3.63) is 0 Å². The minimum atomic E-state index is -0.667. The minimum absolute atomic E-state index is 0.0905. The quantitative estimate of drug-likeness (QED) is 0.0443. The molecule has 0 fully saturated rings. The molecule has 0 aromatic rings. The molecule has 0 heterocycles. The van der Waals surface area contributed by atoms with Gasteiger partial charge in [0.15, 0.2) is 6.29 Å². The number of hydrogen-bond acceptors (Lipinski definition) is 8. The van der Waals surface area contributed by atoms with Gasteiger partial charge in [0, 0.05) is 32.1 Å². The van der Waals surface area contributed by atoms with E-state index in [1.54, 1.807) is 0 Å². The third kappa shape index (κ3) is 27.5. The Kier molecular flexibility index (Phi) is 30.0. The lowest BCUT2D eigenvalue weighted by molar-refractivity contribution is -0.150. The summed E-state index contributed by atoms with van der Waals surface area (Å²) in [5.41, 5.74) is 0. The van der Waals surface area contributed by atoms with Crippen molar-refractivity contribution < 1.29 is 33.3 Å². The van der Waals surface area contributed by atoms with Gasteiger partial charge in [-0.2, -0.15) is 0 Å². The van der Waals surface area contributed by atoms with Gasteiger partial charge < -0.3 is 28.6 Å². The van der Waals surface area contributed by atoms with E-state index in [0.717, 1.165) is 71.4 Å². The van der Waals surface area contributed by atoms with E-state index < -0.39 is 6.16 Å². The number of esters is 1. The molecule has 250 valence electrons. The van der Waals surface area contributed by atoms with Gasteiger partial charge in [-0.15, -0.1) is 0 Å². The van der Waals surface area contributed by atoms with Crippen molar-refractivity contribution in [1.82, 2.24) is 4.90 Å². The first-order chi connectivity index (χ1) is 20.5. The summed E-state index contributed by atoms with van der Waals surface area (Å²) >= 11 is 0. The molecule has 8 nitrogen and oxygen atoms in total. The van der Waals surface area contributed by atoms with Gasteiger partial charge in [-0.1, -0.05) is 98.8 Å². The van der Waals surface area contributed by atoms with Crippen LogP contribution in [0.3, 0.4) is 0 Å². The standard InChI is InChI=1S/C34H67NO7/c1-6-10-12-14-16-20-26-38-33(39-27-21-17-15-13-11-7-2)24-19-18-23-32(36)41-29-31(5)30-42-34(37)40-28-22-25-35(8-3)9-4/h31,33H,6-30H2,1-5H3. The highest BCUT2D eigenvalue weighted by molar-refractivity contribution is 5.69. The Hall–Kier alpha value is -1.38. The molecule has 0 aromatic carbocycles. The lowest BCUT2D eigenvalue weighted by atomic mass is 10.1. The molecular weight excluding hydrogens is 534 g/mol. The third-order valence-electron chi connectivity index (χ3n) is 7.42. The van der Waals surface area contributed by atoms with Crippen LogP contribution in [0.25, 0.3) is 0 Å². The van der Waals surface area contributed by atoms with Crippen molar-refractivity contribution in [2.45, 2.75) is 150 Å². The van der Waals surface area contributed by atoms with Gasteiger partial charge in [-0.25, -0.2) is 4.79 Å². The molecule has 8 heteroatoms. The van der Waals surface area contributed by atoms with Crippen LogP contribution in [0.15, 0.2) is 0 Å². The number of carbonyl (C=O) groups is 2. The normalized spacial score (nSPS) is 12.2. The molecule has 0 aromatic heterocycles. The van der Waals surface area contributed by atoms with E-state index in [-0.39, 0.29) is 31.4 Å². The summed E-state index contributed by atoms with van der Waals surface area (Å²) in [6.07, 6.45) is 17.5. The zero-order valence-corrected chi connectivity index (χ0v) is 28.1. The van der Waals surface area contributed by atoms with Gasteiger partial charge in [0.2, 0.25) is 0 Å². The van der Waals surface area contributed by atoms with Gasteiger partial charge in [-0.3, -0.25) is 4.79 Å². The monoisotopic (exact) mass is 601 g/mol. The fourth-order valence-corrected chi connectivity index (χ4v) is 4.58. The number of hydrogen-bond donors (Lipinski definition) is 0. The Labute approximate surface area is 258 Å². The van der Waals surface area contributed by atoms with Gasteiger partial charge in [0.25, 0.3) is 0 Å². The van der Waals surface area contributed by atoms with Crippen LogP contribution in [-0.4, -0.2) is 76.0 Å². The number of carbonyl (C=O) groups excluding carboxylic acids is 2. The SMILES string of the molecule is CCCCCCCCOC(CCCCC(=O)OCC(C)COC(=O)OCCCN(CC)CC)OCCCCCCCC. The van der Waals surface area contributed by atoms with E-state index in [0.29, 0.717) is 13.0 Å². The smallest absolute Gasteiger partial charge is 0.465 e. The van der Waals surface area contributed by atoms with E-state index in [1.165, 1.54) is 64.2 Å². The Balaban J connectivity index is 4.08. The number of nitrogens with zero attached hydrogens (tertiary/aromatic N) is 1. The van der Waals surface area contributed by atoms with E-state index in [9.17, 15) is 9.59 Å². The number of ether oxygens (including phenoxy) is 5. The van der Waals surface area contributed by atoms with Gasteiger partial charge in [0.05, 0.1) is 13.2 Å². The first-order valence-electron chi connectivity index (χ1n) is 17.4. The van der Waals surface area contributed by atoms with Crippen LogP contribution in [-0.2, 0) is 28.5 Å². The highest BCUT2D eigenvalue weighted by atomic mass is 16.7. The number of unbranched alkanes of at least 4 members (excludes halogenated alkanes) is 11. The van der Waals surface area contributed by atoms with Crippen LogP contribution < -0.4 is 0 Å². The lowest BCUT2D eigenvalue weighted by Crippen LogP contribution is -2.25. The zero-order chi connectivity index (χ0) is 31.1. The summed E-state index contributed by atoms with van der Waals surface area (Å²) in [6.45, 7) is 15.6. The van der Waals surface area contributed by atoms with Crippen LogP contribution in [0.4, 0.5) is 4.79 Å². The summed E-state index contributed by atoms with van der Waals surface area (Å²) in [4.78, 5) is 26.3. The van der Waals surface area contributed by atoms with E-state index >= 15 is 0 Å². The molecular formula is C34H67NO7. The van der Waals surface area contributed by atoms with Crippen molar-refractivity contribution in [2.75, 3.05) is 52.7 Å². The minimum Gasteiger partial charge on any atom is -0.465 e. The molecule has 0 aliphatic heterocycles. The fraction of sp³-hybridized carbons (Fsp3) is 0.941. The second-order valence-corrected chi connectivity index (χ2v) is 11.5. The van der Waals surface area contributed by atoms with Crippen molar-refractivity contribution in [1.29, 1.82) is 0 Å². The van der Waals surface area contributed by atoms with E-state index in [2.05, 4.69) is 32.6 Å². The highest BCUT2D eigenvalue weighted by Crippen LogP contribution is 2.13. The average molecular weight is 602 g/mol. The van der Waals surface area contributed by atoms with Crippen molar-refractivity contribution in [2.24, 2.45) is 5.92 Å². The average Bonchev–Trinajstić information content (AvgIpc) is 2.99. The second-order valence-electron chi connectivity index (χ2n) is 11.5. The van der Waals surface area contributed by atoms with Crippen molar-refractivity contribution in [3.63, 3.8) is 0 Å². The lowest BCUT2D eigenvalue weighted by Gasteiger charge is -2.19. The molecule has 0 N–H and O–H groups in total. The predicted molar refractivity (Wildman–Crippen MR) is 171 cm³/mol. The molecule has 42 heavy (non-hydrogen) atoms. The van der Waals surface area contributed by atoms with Gasteiger partial charge >= 0.3 is 12.1 Å². The summed E-state index contributed by atoms with van der Waals surface area (Å²) < 4.78 is 27.8. The van der Waals surface area contributed by atoms with E-state index in [1.807, 2.05) is 6.92 Å². The summed E-state index contributed by atoms with van der Waals surface area (Å²) in [6, 6.07) is 0. The Morgan fingerprint density at radius 2 is 1.14 bits per heavy atom. The predicted octanol–water partition coefficient (Wildman–Crippen LogP) is 8.69. The van der Waals surface area contributed by atoms with Crippen molar-refractivity contribution >= 4 is 12.1 Å². The first kappa shape index (κ1) is 40.6. The molecule has 0 aliphatic carbocycles. The van der Waals surface area contributed by atoms with Gasteiger partial charge in [-0.05, 0) is 51.6 Å². The maximum Gasteiger partial charge on any atom is 0.508 e. The largest absolute Gasteiger partial charge is 0.508 e. The molecule has 0 saturated heterocycles. The molecule has 0 amide bonds. The maximum absolute atomic E-state index is 12.2. The van der Waals surface area contributed by atoms with Crippen LogP contribution in [0.1, 0.15) is 144 Å². The highest BCUT2D eigenvalue weighted by Gasteiger charge is 2.13. The Bertz CT molecular complexity index is 582. The third-order valence-corrected chi connectivity index (χ3v) is 7.42. The van der Waals surface area contributed by atoms with Crippen LogP contribution in [0, 0.1) is 5.92 Å². The fourth-order valence-electron chi connectivity index (χ4n) is 4.58. The summed E-state index contributed by atoms with van der Waals surface area (Å²) in [5.74, 6) is -0.314. The molecule has 1 unspecified atom stereocenters.